The molecule has 100 valence electrons. The lowest BCUT2D eigenvalue weighted by atomic mass is 9.99. The predicted molar refractivity (Wildman–Crippen MR) is 74.1 cm³/mol. The lowest BCUT2D eigenvalue weighted by Gasteiger charge is -2.14. The molecule has 0 radical (unpaired) electrons. The molecule has 19 heavy (non-hydrogen) atoms. The van der Waals surface area contributed by atoms with Gasteiger partial charge in [0, 0.05) is 6.54 Å². The summed E-state index contributed by atoms with van der Waals surface area (Å²) in [5, 5.41) is 12.0. The summed E-state index contributed by atoms with van der Waals surface area (Å²) in [6, 6.07) is 11.8. The van der Waals surface area contributed by atoms with Gasteiger partial charge in [0.2, 0.25) is 5.91 Å². The summed E-state index contributed by atoms with van der Waals surface area (Å²) in [5.41, 5.74) is 1.03. The minimum atomic E-state index is -0.589. The Morgan fingerprint density at radius 2 is 2.11 bits per heavy atom. The number of benzene rings is 1. The molecule has 0 aromatic heterocycles. The first kappa shape index (κ1) is 13.6. The standard InChI is InChI=1S/C16H20N2O/c1-12(14-7-8-14)11-18-16(19)15(10-17)9-13-5-3-2-4-6-13/h2-6,12,14-15H,7-9,11H2,1H3,(H,18,19). The lowest BCUT2D eigenvalue weighted by Crippen LogP contribution is -2.34. The summed E-state index contributed by atoms with van der Waals surface area (Å²) in [6.07, 6.45) is 3.05. The van der Waals surface area contributed by atoms with Gasteiger partial charge in [-0.3, -0.25) is 4.79 Å². The van der Waals surface area contributed by atoms with Crippen LogP contribution in [-0.2, 0) is 11.2 Å². The molecule has 1 aliphatic carbocycles. The first-order valence-corrected chi connectivity index (χ1v) is 6.92. The van der Waals surface area contributed by atoms with Crippen molar-refractivity contribution in [3.05, 3.63) is 35.9 Å². The summed E-state index contributed by atoms with van der Waals surface area (Å²) in [4.78, 5) is 12.0. The molecule has 1 aromatic carbocycles. The molecule has 0 bridgehead atoms. The summed E-state index contributed by atoms with van der Waals surface area (Å²) in [7, 11) is 0. The molecule has 0 aliphatic heterocycles. The van der Waals surface area contributed by atoms with Crippen LogP contribution in [0, 0.1) is 29.1 Å². The SMILES string of the molecule is CC(CNC(=O)C(C#N)Cc1ccccc1)C1CC1. The number of amides is 1. The second-order valence-corrected chi connectivity index (χ2v) is 5.43. The Morgan fingerprint density at radius 3 is 2.68 bits per heavy atom. The molecule has 1 N–H and O–H groups in total. The van der Waals surface area contributed by atoms with Crippen LogP contribution in [0.1, 0.15) is 25.3 Å². The third kappa shape index (κ3) is 4.10. The van der Waals surface area contributed by atoms with Crippen molar-refractivity contribution < 1.29 is 4.79 Å². The van der Waals surface area contributed by atoms with Crippen molar-refractivity contribution in [1.82, 2.24) is 5.32 Å². The maximum atomic E-state index is 12.0. The van der Waals surface area contributed by atoms with Crippen LogP contribution in [0.3, 0.4) is 0 Å². The molecule has 2 unspecified atom stereocenters. The van der Waals surface area contributed by atoms with Gasteiger partial charge >= 0.3 is 0 Å². The third-order valence-corrected chi connectivity index (χ3v) is 3.78. The number of nitriles is 1. The van der Waals surface area contributed by atoms with E-state index in [9.17, 15) is 4.79 Å². The molecule has 1 fully saturated rings. The molecule has 1 saturated carbocycles. The largest absolute Gasteiger partial charge is 0.355 e. The molecule has 0 saturated heterocycles. The fourth-order valence-electron chi connectivity index (χ4n) is 2.26. The van der Waals surface area contributed by atoms with Gasteiger partial charge in [0.15, 0.2) is 0 Å². The Hall–Kier alpha value is -1.82. The fourth-order valence-corrected chi connectivity index (χ4v) is 2.26. The fraction of sp³-hybridized carbons (Fsp3) is 0.500. The van der Waals surface area contributed by atoms with Crippen molar-refractivity contribution in [2.75, 3.05) is 6.54 Å². The summed E-state index contributed by atoms with van der Waals surface area (Å²) in [6.45, 7) is 2.85. The van der Waals surface area contributed by atoms with E-state index < -0.39 is 5.92 Å². The highest BCUT2D eigenvalue weighted by molar-refractivity contribution is 5.81. The van der Waals surface area contributed by atoms with Crippen molar-refractivity contribution in [2.45, 2.75) is 26.2 Å². The number of carbonyl (C=O) groups excluding carboxylic acids is 1. The van der Waals surface area contributed by atoms with Crippen LogP contribution >= 0.6 is 0 Å². The van der Waals surface area contributed by atoms with Gasteiger partial charge < -0.3 is 5.32 Å². The zero-order valence-corrected chi connectivity index (χ0v) is 11.3. The minimum absolute atomic E-state index is 0.140. The minimum Gasteiger partial charge on any atom is -0.355 e. The average Bonchev–Trinajstić information content (AvgIpc) is 3.27. The van der Waals surface area contributed by atoms with E-state index in [2.05, 4.69) is 18.3 Å². The van der Waals surface area contributed by atoms with Gasteiger partial charge in [0.1, 0.15) is 5.92 Å². The molecule has 1 amide bonds. The molecular formula is C16H20N2O. The molecule has 3 heteroatoms. The van der Waals surface area contributed by atoms with E-state index in [1.165, 1.54) is 12.8 Å². The van der Waals surface area contributed by atoms with Crippen LogP contribution in [0.15, 0.2) is 30.3 Å². The van der Waals surface area contributed by atoms with Gasteiger partial charge in [-0.05, 0) is 36.7 Å². The Bertz CT molecular complexity index is 459. The highest BCUT2D eigenvalue weighted by atomic mass is 16.1. The Labute approximate surface area is 114 Å². The normalized spacial score (nSPS) is 17.3. The smallest absolute Gasteiger partial charge is 0.237 e. The van der Waals surface area contributed by atoms with Crippen molar-refractivity contribution in [3.8, 4) is 6.07 Å². The van der Waals surface area contributed by atoms with Crippen LogP contribution in [0.2, 0.25) is 0 Å². The Morgan fingerprint density at radius 1 is 1.42 bits per heavy atom. The first-order chi connectivity index (χ1) is 9.20. The first-order valence-electron chi connectivity index (χ1n) is 6.92. The molecule has 1 aliphatic rings. The zero-order chi connectivity index (χ0) is 13.7. The van der Waals surface area contributed by atoms with E-state index in [4.69, 9.17) is 5.26 Å². The highest BCUT2D eigenvalue weighted by Gasteiger charge is 2.28. The maximum Gasteiger partial charge on any atom is 0.237 e. The van der Waals surface area contributed by atoms with Crippen LogP contribution in [0.25, 0.3) is 0 Å². The van der Waals surface area contributed by atoms with Crippen molar-refractivity contribution in [2.24, 2.45) is 17.8 Å². The van der Waals surface area contributed by atoms with Crippen LogP contribution in [0.5, 0.6) is 0 Å². The second kappa shape index (κ2) is 6.38. The summed E-state index contributed by atoms with van der Waals surface area (Å²) in [5.74, 6) is 0.572. The maximum absolute atomic E-state index is 12.0. The quantitative estimate of drug-likeness (QED) is 0.850. The Kier molecular flexibility index (Phi) is 4.57. The zero-order valence-electron chi connectivity index (χ0n) is 11.3. The van der Waals surface area contributed by atoms with Gasteiger partial charge in [-0.25, -0.2) is 0 Å². The monoisotopic (exact) mass is 256 g/mol. The van der Waals surface area contributed by atoms with Gasteiger partial charge in [-0.2, -0.15) is 5.26 Å². The number of rotatable bonds is 6. The van der Waals surface area contributed by atoms with Crippen molar-refractivity contribution >= 4 is 5.91 Å². The molecule has 0 spiro atoms. The molecule has 1 aromatic rings. The number of hydrogen-bond acceptors (Lipinski definition) is 2. The molecule has 0 heterocycles. The van der Waals surface area contributed by atoms with Gasteiger partial charge in [-0.1, -0.05) is 37.3 Å². The van der Waals surface area contributed by atoms with E-state index >= 15 is 0 Å². The van der Waals surface area contributed by atoms with E-state index in [0.717, 1.165) is 11.5 Å². The van der Waals surface area contributed by atoms with Crippen molar-refractivity contribution in [1.29, 1.82) is 5.26 Å². The van der Waals surface area contributed by atoms with E-state index in [-0.39, 0.29) is 5.91 Å². The number of carbonyl (C=O) groups is 1. The lowest BCUT2D eigenvalue weighted by molar-refractivity contribution is -0.123. The van der Waals surface area contributed by atoms with Crippen LogP contribution in [0.4, 0.5) is 0 Å². The third-order valence-electron chi connectivity index (χ3n) is 3.78. The van der Waals surface area contributed by atoms with Crippen LogP contribution in [-0.4, -0.2) is 12.5 Å². The summed E-state index contributed by atoms with van der Waals surface area (Å²) >= 11 is 0. The molecule has 2 rings (SSSR count). The van der Waals surface area contributed by atoms with Gasteiger partial charge in [-0.15, -0.1) is 0 Å². The molecule has 3 nitrogen and oxygen atoms in total. The Balaban J connectivity index is 1.83. The molecular weight excluding hydrogens is 236 g/mol. The van der Waals surface area contributed by atoms with Gasteiger partial charge in [0.25, 0.3) is 0 Å². The average molecular weight is 256 g/mol. The number of nitrogens with one attached hydrogen (secondary N) is 1. The second-order valence-electron chi connectivity index (χ2n) is 5.43. The highest BCUT2D eigenvalue weighted by Crippen LogP contribution is 2.36. The molecule has 2 atom stereocenters. The summed E-state index contributed by atoms with van der Waals surface area (Å²) < 4.78 is 0. The number of nitrogens with zero attached hydrogens (tertiary/aromatic N) is 1. The van der Waals surface area contributed by atoms with E-state index in [1.807, 2.05) is 30.3 Å². The predicted octanol–water partition coefficient (Wildman–Crippen LogP) is 2.53. The van der Waals surface area contributed by atoms with Crippen LogP contribution < -0.4 is 5.32 Å². The van der Waals surface area contributed by atoms with E-state index in [0.29, 0.717) is 18.9 Å². The van der Waals surface area contributed by atoms with Gasteiger partial charge in [0.05, 0.1) is 6.07 Å². The van der Waals surface area contributed by atoms with E-state index in [1.54, 1.807) is 0 Å². The van der Waals surface area contributed by atoms with Crippen molar-refractivity contribution in [3.63, 3.8) is 0 Å². The topological polar surface area (TPSA) is 52.9 Å². The number of hydrogen-bond donors (Lipinski definition) is 1.